The molecule has 0 radical (unpaired) electrons. The summed E-state index contributed by atoms with van der Waals surface area (Å²) in [5.74, 6) is -1.77. The second-order valence-electron chi connectivity index (χ2n) is 12.6. The normalized spacial score (nSPS) is 22.6. The Labute approximate surface area is 306 Å². The van der Waals surface area contributed by atoms with Crippen molar-refractivity contribution in [2.24, 2.45) is 0 Å². The number of hydrogen-bond acceptors (Lipinski definition) is 14. The van der Waals surface area contributed by atoms with E-state index in [1.807, 2.05) is 6.92 Å². The van der Waals surface area contributed by atoms with Gasteiger partial charge in [-0.1, -0.05) is 55.8 Å². The predicted octanol–water partition coefficient (Wildman–Crippen LogP) is 1.33. The number of phenols is 1. The third-order valence-electron chi connectivity index (χ3n) is 9.08. The van der Waals surface area contributed by atoms with Gasteiger partial charge in [-0.05, 0) is 41.8 Å². The molecule has 16 nitrogen and oxygen atoms in total. The summed E-state index contributed by atoms with van der Waals surface area (Å²) in [5, 5.41) is 71.7. The summed E-state index contributed by atoms with van der Waals surface area (Å²) in [6, 6.07) is 11.8. The fourth-order valence-electron chi connectivity index (χ4n) is 6.04. The van der Waals surface area contributed by atoms with Crippen LogP contribution in [0.25, 0.3) is 0 Å². The highest BCUT2D eigenvalue weighted by molar-refractivity contribution is 5.90. The Morgan fingerprint density at radius 2 is 1.60 bits per heavy atom. The molecule has 1 saturated heterocycles. The van der Waals surface area contributed by atoms with Gasteiger partial charge < -0.3 is 60.3 Å². The Morgan fingerprint density at radius 3 is 2.23 bits per heavy atom. The summed E-state index contributed by atoms with van der Waals surface area (Å²) in [5.41, 5.74) is -1.55. The van der Waals surface area contributed by atoms with E-state index in [9.17, 15) is 45.1 Å². The van der Waals surface area contributed by atoms with Gasteiger partial charge in [-0.25, -0.2) is 9.59 Å². The van der Waals surface area contributed by atoms with Crippen LogP contribution in [0.15, 0.2) is 72.8 Å². The number of phenolic OH excluding ortho intramolecular Hbond substituents is 1. The zero-order chi connectivity index (χ0) is 38.7. The molecular weight excluding hydrogens is 694 g/mol. The lowest BCUT2D eigenvalue weighted by atomic mass is 9.74. The van der Waals surface area contributed by atoms with Gasteiger partial charge in [-0.15, -0.1) is 0 Å². The first-order chi connectivity index (χ1) is 25.4. The van der Waals surface area contributed by atoms with Crippen LogP contribution in [0.3, 0.4) is 0 Å². The van der Waals surface area contributed by atoms with Crippen molar-refractivity contribution in [1.82, 2.24) is 15.7 Å². The monoisotopic (exact) mass is 741 g/mol. The van der Waals surface area contributed by atoms with E-state index < -0.39 is 66.6 Å². The smallest absolute Gasteiger partial charge is 0.408 e. The molecule has 4 rings (SSSR count). The van der Waals surface area contributed by atoms with Crippen LogP contribution in [-0.4, -0.2) is 117 Å². The van der Waals surface area contributed by atoms with Crippen molar-refractivity contribution in [2.45, 2.75) is 74.8 Å². The van der Waals surface area contributed by atoms with E-state index >= 15 is 0 Å². The number of rotatable bonds is 16. The van der Waals surface area contributed by atoms with Gasteiger partial charge in [0.1, 0.15) is 53.7 Å². The van der Waals surface area contributed by atoms with Crippen LogP contribution in [0.1, 0.15) is 42.5 Å². The van der Waals surface area contributed by atoms with E-state index in [1.54, 1.807) is 30.3 Å². The number of methoxy groups -OCH3 is 2. The molecule has 0 bridgehead atoms. The van der Waals surface area contributed by atoms with E-state index in [4.69, 9.17) is 18.9 Å². The Balaban J connectivity index is 1.73. The van der Waals surface area contributed by atoms with Crippen molar-refractivity contribution in [3.63, 3.8) is 0 Å². The van der Waals surface area contributed by atoms with Gasteiger partial charge >= 0.3 is 12.1 Å². The number of esters is 1. The molecular formula is C37H47N3O13. The molecule has 288 valence electrons. The third-order valence-corrected chi connectivity index (χ3v) is 9.08. The fraction of sp³-hybridized carbons (Fsp3) is 0.432. The number of aromatic hydroxyl groups is 1. The lowest BCUT2D eigenvalue weighted by molar-refractivity contribution is -0.309. The first-order valence-corrected chi connectivity index (χ1v) is 17.0. The minimum absolute atomic E-state index is 0.0456. The molecule has 0 unspecified atom stereocenters. The van der Waals surface area contributed by atoms with Gasteiger partial charge in [-0.3, -0.25) is 4.79 Å². The van der Waals surface area contributed by atoms with E-state index in [0.29, 0.717) is 34.8 Å². The number of nitrogens with one attached hydrogen (secondary N) is 2. The molecule has 1 fully saturated rings. The zero-order valence-corrected chi connectivity index (χ0v) is 29.6. The van der Waals surface area contributed by atoms with Crippen molar-refractivity contribution in [3.8, 4) is 17.2 Å². The summed E-state index contributed by atoms with van der Waals surface area (Å²) < 4.78 is 21.5. The quantitative estimate of drug-likeness (QED) is 0.0765. The third kappa shape index (κ3) is 9.72. The molecule has 0 aromatic heterocycles. The predicted molar refractivity (Wildman–Crippen MR) is 187 cm³/mol. The average Bonchev–Trinajstić information content (AvgIpc) is 3.16. The number of benzene rings is 3. The Bertz CT molecular complexity index is 1660. The molecule has 3 aromatic rings. The van der Waals surface area contributed by atoms with Gasteiger partial charge in [0.05, 0.1) is 39.5 Å². The van der Waals surface area contributed by atoms with Gasteiger partial charge in [0.15, 0.2) is 0 Å². The van der Waals surface area contributed by atoms with Gasteiger partial charge in [0.25, 0.3) is 0 Å². The number of hydrogen-bond donors (Lipinski definition) is 8. The van der Waals surface area contributed by atoms with Gasteiger partial charge in [0.2, 0.25) is 5.91 Å². The molecule has 3 aromatic carbocycles. The number of unbranched alkanes of at least 4 members (excludes halogenated alkanes) is 1. The highest BCUT2D eigenvalue weighted by atomic mass is 16.6. The molecule has 1 aliphatic rings. The largest absolute Gasteiger partial charge is 0.508 e. The summed E-state index contributed by atoms with van der Waals surface area (Å²) in [7, 11) is 2.71. The Morgan fingerprint density at radius 1 is 0.906 bits per heavy atom. The molecule has 0 spiro atoms. The summed E-state index contributed by atoms with van der Waals surface area (Å²) in [6.45, 7) is 0.371. The maximum atomic E-state index is 14.1. The molecule has 8 N–H and O–H groups in total. The SMILES string of the molecule is CCCCOC(=O)[C@@H](NC(=O)[C@H](Cc1ccc(O)cc1)NC(=O)OCc1ccccc1)[C@H]1[C@H](O)[C@](O)(CO)[C@@H](O)[C@H](c2ccc(OC)cc2OC)N1O. The number of aliphatic hydroxyl groups excluding tert-OH is 3. The first-order valence-electron chi connectivity index (χ1n) is 17.0. The van der Waals surface area contributed by atoms with E-state index in [0.717, 1.165) is 0 Å². The number of amides is 2. The average molecular weight is 742 g/mol. The van der Waals surface area contributed by atoms with Crippen molar-refractivity contribution in [1.29, 1.82) is 0 Å². The van der Waals surface area contributed by atoms with Gasteiger partial charge in [0, 0.05) is 18.1 Å². The van der Waals surface area contributed by atoms with Crippen molar-refractivity contribution < 1.29 is 64.1 Å². The zero-order valence-electron chi connectivity index (χ0n) is 29.6. The minimum Gasteiger partial charge on any atom is -0.508 e. The minimum atomic E-state index is -2.77. The fourth-order valence-corrected chi connectivity index (χ4v) is 6.04. The molecule has 2 amide bonds. The van der Waals surface area contributed by atoms with E-state index in [-0.39, 0.29) is 36.7 Å². The van der Waals surface area contributed by atoms with Crippen LogP contribution in [0, 0.1) is 0 Å². The van der Waals surface area contributed by atoms with Crippen molar-refractivity contribution >= 4 is 18.0 Å². The first kappa shape index (κ1) is 40.8. The molecule has 16 heteroatoms. The molecule has 1 heterocycles. The van der Waals surface area contributed by atoms with Crippen molar-refractivity contribution in [3.05, 3.63) is 89.5 Å². The standard InChI is InChI=1S/C37H47N3O13/c1-4-5-17-52-35(46)29(31-33(44)37(48,21-41)32(43)30(40(31)49)26-16-15-25(50-2)19-28(26)51-3)39-34(45)27(18-22-11-13-24(42)14-12-22)38-36(47)53-20-23-9-7-6-8-10-23/h6-16,19,27,29-33,41-44,48-49H,4-5,17-18,20-21H2,1-3H3,(H,38,47)(H,39,45)/t27-,29-,30-,31-,32-,33-,37-/m0/s1. The highest BCUT2D eigenvalue weighted by Gasteiger charge is 2.61. The van der Waals surface area contributed by atoms with Crippen LogP contribution < -0.4 is 20.1 Å². The molecule has 7 atom stereocenters. The summed E-state index contributed by atoms with van der Waals surface area (Å²) in [4.78, 5) is 40.9. The van der Waals surface area contributed by atoms with E-state index in [1.165, 1.54) is 56.7 Å². The van der Waals surface area contributed by atoms with Crippen LogP contribution in [-0.2, 0) is 32.1 Å². The number of alkyl carbamates (subject to hydrolysis) is 1. The Kier molecular flexibility index (Phi) is 14.4. The van der Waals surface area contributed by atoms with Crippen LogP contribution in [0.2, 0.25) is 0 Å². The van der Waals surface area contributed by atoms with Gasteiger partial charge in [-0.2, -0.15) is 5.06 Å². The second kappa shape index (κ2) is 18.7. The van der Waals surface area contributed by atoms with Crippen LogP contribution in [0.5, 0.6) is 17.2 Å². The summed E-state index contributed by atoms with van der Waals surface area (Å²) in [6.07, 6.45) is -4.47. The molecule has 53 heavy (non-hydrogen) atoms. The second-order valence-corrected chi connectivity index (χ2v) is 12.6. The van der Waals surface area contributed by atoms with Crippen LogP contribution in [0.4, 0.5) is 4.79 Å². The molecule has 0 aliphatic carbocycles. The Hall–Kier alpha value is -4.97. The lowest BCUT2D eigenvalue weighted by Crippen LogP contribution is -2.75. The summed E-state index contributed by atoms with van der Waals surface area (Å²) >= 11 is 0. The maximum absolute atomic E-state index is 14.1. The maximum Gasteiger partial charge on any atom is 0.408 e. The number of aliphatic hydroxyl groups is 4. The van der Waals surface area contributed by atoms with E-state index in [2.05, 4.69) is 10.6 Å². The highest BCUT2D eigenvalue weighted by Crippen LogP contribution is 2.44. The number of carbonyl (C=O) groups is 3. The molecule has 0 saturated carbocycles. The lowest BCUT2D eigenvalue weighted by Gasteiger charge is -2.53. The topological polar surface area (TPSA) is 237 Å². The number of hydroxylamine groups is 2. The number of carbonyl (C=O) groups excluding carboxylic acids is 3. The molecule has 1 aliphatic heterocycles. The van der Waals surface area contributed by atoms with Crippen molar-refractivity contribution in [2.75, 3.05) is 27.4 Å². The number of piperidine rings is 1. The number of nitrogens with zero attached hydrogens (tertiary/aromatic N) is 1. The number of ether oxygens (including phenoxy) is 4. The van der Waals surface area contributed by atoms with Crippen LogP contribution >= 0.6 is 0 Å².